The highest BCUT2D eigenvalue weighted by atomic mass is 16.7. The van der Waals surface area contributed by atoms with Gasteiger partial charge in [0, 0.05) is 19.3 Å². The molecule has 12 nitrogen and oxygen atoms in total. The molecule has 1 aliphatic rings. The van der Waals surface area contributed by atoms with Gasteiger partial charge in [-0.15, -0.1) is 0 Å². The summed E-state index contributed by atoms with van der Waals surface area (Å²) in [5.41, 5.74) is 0. The highest BCUT2D eigenvalue weighted by molar-refractivity contribution is 5.74. The normalized spacial score (nSPS) is 18.9. The third kappa shape index (κ3) is 35.3. The number of esters is 3. The van der Waals surface area contributed by atoms with Crippen LogP contribution in [0.1, 0.15) is 265 Å². The smallest absolute Gasteiger partial charge is 0.335 e. The summed E-state index contributed by atoms with van der Waals surface area (Å²) in [7, 11) is 0. The third-order valence-electron chi connectivity index (χ3n) is 12.8. The molecule has 0 saturated carbocycles. The average molecular weight is 953 g/mol. The largest absolute Gasteiger partial charge is 0.479 e. The number of allylic oxidation sites excluding steroid dienone is 2. The van der Waals surface area contributed by atoms with Gasteiger partial charge in [-0.2, -0.15) is 0 Å². The molecule has 0 bridgehead atoms. The molecule has 1 fully saturated rings. The lowest BCUT2D eigenvalue weighted by molar-refractivity contribution is -0.301. The summed E-state index contributed by atoms with van der Waals surface area (Å²) in [4.78, 5) is 50.8. The van der Waals surface area contributed by atoms with Gasteiger partial charge in [-0.05, 0) is 44.9 Å². The van der Waals surface area contributed by atoms with E-state index in [-0.39, 0.29) is 25.9 Å². The number of carbonyl (C=O) groups is 4. The average Bonchev–Trinajstić information content (AvgIpc) is 3.31. The molecule has 1 heterocycles. The number of aliphatic carboxylic acids is 1. The van der Waals surface area contributed by atoms with E-state index in [9.17, 15) is 34.5 Å². The summed E-state index contributed by atoms with van der Waals surface area (Å²) < 4.78 is 28.3. The van der Waals surface area contributed by atoms with Gasteiger partial charge in [0.2, 0.25) is 0 Å². The van der Waals surface area contributed by atoms with Crippen molar-refractivity contribution in [3.8, 4) is 0 Å². The number of aliphatic hydroxyl groups is 2. The van der Waals surface area contributed by atoms with E-state index in [1.165, 1.54) is 135 Å². The van der Waals surface area contributed by atoms with Crippen LogP contribution in [0.15, 0.2) is 12.2 Å². The molecule has 6 atom stereocenters. The number of aliphatic hydroxyl groups excluding tert-OH is 2. The Labute approximate surface area is 407 Å². The van der Waals surface area contributed by atoms with Crippen LogP contribution in [-0.2, 0) is 42.9 Å². The summed E-state index contributed by atoms with van der Waals surface area (Å²) in [5.74, 6) is -3.10. The molecule has 0 radical (unpaired) electrons. The molecule has 0 aromatic heterocycles. The quantitative estimate of drug-likeness (QED) is 0.0228. The van der Waals surface area contributed by atoms with E-state index in [4.69, 9.17) is 23.7 Å². The number of hydrogen-bond donors (Lipinski definition) is 3. The van der Waals surface area contributed by atoms with Crippen LogP contribution in [0.2, 0.25) is 0 Å². The Morgan fingerprint density at radius 1 is 0.478 bits per heavy atom. The lowest BCUT2D eigenvalue weighted by Gasteiger charge is -2.40. The van der Waals surface area contributed by atoms with Crippen molar-refractivity contribution in [1.29, 1.82) is 0 Å². The van der Waals surface area contributed by atoms with Crippen LogP contribution in [0, 0.1) is 0 Å². The highest BCUT2D eigenvalue weighted by Gasteiger charge is 2.50. The van der Waals surface area contributed by atoms with Gasteiger partial charge >= 0.3 is 23.9 Å². The molecule has 67 heavy (non-hydrogen) atoms. The molecule has 1 rings (SSSR count). The maximum Gasteiger partial charge on any atom is 0.335 e. The molecule has 3 N–H and O–H groups in total. The first kappa shape index (κ1) is 62.5. The van der Waals surface area contributed by atoms with Crippen molar-refractivity contribution in [2.45, 2.75) is 302 Å². The van der Waals surface area contributed by atoms with E-state index in [0.717, 1.165) is 70.6 Å². The van der Waals surface area contributed by atoms with Crippen LogP contribution in [0.4, 0.5) is 0 Å². The molecule has 0 aliphatic carbocycles. The first-order valence-electron chi connectivity index (χ1n) is 27.7. The van der Waals surface area contributed by atoms with Crippen molar-refractivity contribution in [3.63, 3.8) is 0 Å². The minimum absolute atomic E-state index is 0.0662. The summed E-state index contributed by atoms with van der Waals surface area (Å²) in [5, 5.41) is 31.3. The predicted molar refractivity (Wildman–Crippen MR) is 267 cm³/mol. The SMILES string of the molecule is CCCCCCCC/C=C\CCCCCCCCCC(=O)OCC(COC1OC(C(=O)O)C(O)C(O)C1OC(=O)CCCCCCCCCCC)OC(=O)CCCCCCCCCCCCC. The zero-order valence-electron chi connectivity index (χ0n) is 42.9. The monoisotopic (exact) mass is 953 g/mol. The van der Waals surface area contributed by atoms with Gasteiger partial charge in [0.05, 0.1) is 6.61 Å². The van der Waals surface area contributed by atoms with Gasteiger partial charge in [-0.1, -0.05) is 213 Å². The van der Waals surface area contributed by atoms with Crippen LogP contribution < -0.4 is 0 Å². The molecule has 1 saturated heterocycles. The van der Waals surface area contributed by atoms with Crippen molar-refractivity contribution in [1.82, 2.24) is 0 Å². The minimum Gasteiger partial charge on any atom is -0.479 e. The fourth-order valence-electron chi connectivity index (χ4n) is 8.54. The lowest BCUT2D eigenvalue weighted by Crippen LogP contribution is -2.61. The topological polar surface area (TPSA) is 175 Å². The molecule has 12 heteroatoms. The maximum atomic E-state index is 13.1. The van der Waals surface area contributed by atoms with Gasteiger partial charge in [-0.25, -0.2) is 4.79 Å². The Morgan fingerprint density at radius 3 is 1.27 bits per heavy atom. The Balaban J connectivity index is 2.67. The molecule has 0 aromatic carbocycles. The summed E-state index contributed by atoms with van der Waals surface area (Å²) in [6, 6.07) is 0. The second-order valence-corrected chi connectivity index (χ2v) is 19.2. The van der Waals surface area contributed by atoms with Crippen LogP contribution >= 0.6 is 0 Å². The standard InChI is InChI=1S/C55H100O12/c1-4-7-10-13-16-19-21-22-23-24-25-26-28-30-32-35-38-41-47(56)63-44-46(65-48(57)42-39-36-34-31-27-20-17-14-11-8-5-2)45-64-55-53(51(60)50(59)52(67-55)54(61)62)66-49(58)43-40-37-33-29-18-15-12-9-6-3/h22-23,46,50-53,55,59-60H,4-21,24-45H2,1-3H3,(H,61,62)/b23-22-. The van der Waals surface area contributed by atoms with E-state index >= 15 is 0 Å². The van der Waals surface area contributed by atoms with E-state index in [2.05, 4.69) is 32.9 Å². The number of carboxylic acid groups (broad SMARTS) is 1. The summed E-state index contributed by atoms with van der Waals surface area (Å²) in [6.07, 6.45) is 35.0. The Hall–Kier alpha value is -2.54. The van der Waals surface area contributed by atoms with Crippen LogP contribution in [-0.4, -0.2) is 89.2 Å². The summed E-state index contributed by atoms with van der Waals surface area (Å²) >= 11 is 0. The van der Waals surface area contributed by atoms with Gasteiger partial charge < -0.3 is 39.0 Å². The highest BCUT2D eigenvalue weighted by Crippen LogP contribution is 2.26. The predicted octanol–water partition coefficient (Wildman–Crippen LogP) is 13.3. The van der Waals surface area contributed by atoms with E-state index in [1.807, 2.05) is 0 Å². The first-order valence-corrected chi connectivity index (χ1v) is 27.7. The number of carbonyl (C=O) groups excluding carboxylic acids is 3. The Kier molecular flexibility index (Phi) is 41.6. The number of carboxylic acids is 1. The van der Waals surface area contributed by atoms with Gasteiger partial charge in [0.1, 0.15) is 18.8 Å². The fourth-order valence-corrected chi connectivity index (χ4v) is 8.54. The molecule has 0 aromatic rings. The van der Waals surface area contributed by atoms with Crippen LogP contribution in [0.3, 0.4) is 0 Å². The maximum absolute atomic E-state index is 13.1. The van der Waals surface area contributed by atoms with Gasteiger partial charge in [-0.3, -0.25) is 14.4 Å². The lowest BCUT2D eigenvalue weighted by atomic mass is 9.98. The molecule has 0 spiro atoms. The van der Waals surface area contributed by atoms with Crippen molar-refractivity contribution < 1.29 is 58.2 Å². The Morgan fingerprint density at radius 2 is 0.851 bits per heavy atom. The fraction of sp³-hybridized carbons (Fsp3) is 0.891. The number of unbranched alkanes of at least 4 members (excludes halogenated alkanes) is 31. The van der Waals surface area contributed by atoms with Crippen molar-refractivity contribution in [2.24, 2.45) is 0 Å². The molecule has 1 aliphatic heterocycles. The van der Waals surface area contributed by atoms with E-state index in [1.54, 1.807) is 0 Å². The van der Waals surface area contributed by atoms with Crippen molar-refractivity contribution in [3.05, 3.63) is 12.2 Å². The van der Waals surface area contributed by atoms with Gasteiger partial charge in [0.25, 0.3) is 0 Å². The number of hydrogen-bond acceptors (Lipinski definition) is 11. The molecular formula is C55H100O12. The molecule has 0 amide bonds. The van der Waals surface area contributed by atoms with E-state index in [0.29, 0.717) is 19.3 Å². The summed E-state index contributed by atoms with van der Waals surface area (Å²) in [6.45, 7) is 5.95. The zero-order chi connectivity index (χ0) is 49.0. The second-order valence-electron chi connectivity index (χ2n) is 19.2. The van der Waals surface area contributed by atoms with E-state index < -0.39 is 67.3 Å². The minimum atomic E-state index is -1.89. The van der Waals surface area contributed by atoms with Crippen molar-refractivity contribution >= 4 is 23.9 Å². The third-order valence-corrected chi connectivity index (χ3v) is 12.8. The molecular weight excluding hydrogens is 853 g/mol. The molecule has 392 valence electrons. The van der Waals surface area contributed by atoms with Crippen LogP contribution in [0.5, 0.6) is 0 Å². The van der Waals surface area contributed by atoms with Crippen molar-refractivity contribution in [2.75, 3.05) is 13.2 Å². The number of ether oxygens (including phenoxy) is 5. The van der Waals surface area contributed by atoms with Gasteiger partial charge in [0.15, 0.2) is 24.6 Å². The second kappa shape index (κ2) is 44.7. The molecule has 6 unspecified atom stereocenters. The Bertz CT molecular complexity index is 1230. The zero-order valence-corrected chi connectivity index (χ0v) is 42.9. The van der Waals surface area contributed by atoms with Crippen LogP contribution in [0.25, 0.3) is 0 Å². The number of rotatable bonds is 47. The first-order chi connectivity index (χ1) is 32.6.